The first kappa shape index (κ1) is 18.2. The van der Waals surface area contributed by atoms with Crippen LogP contribution in [0.3, 0.4) is 0 Å². The Balaban J connectivity index is 0.000000152. The molecule has 4 N–H and O–H groups in total. The maximum atomic E-state index is 10.8. The molecule has 0 spiro atoms. The molecule has 0 bridgehead atoms. The van der Waals surface area contributed by atoms with Crippen molar-refractivity contribution in [2.75, 3.05) is 13.1 Å². The van der Waals surface area contributed by atoms with Gasteiger partial charge in [0, 0.05) is 27.7 Å². The van der Waals surface area contributed by atoms with E-state index in [-0.39, 0.29) is 0 Å². The van der Waals surface area contributed by atoms with E-state index in [0.29, 0.717) is 5.56 Å². The minimum absolute atomic E-state index is 0.391. The number of aromatic nitrogens is 1. The van der Waals surface area contributed by atoms with E-state index in [0.717, 1.165) is 29.0 Å². The highest BCUT2D eigenvalue weighted by atomic mass is 35.5. The number of carbonyl (C=O) groups is 1. The van der Waals surface area contributed by atoms with Gasteiger partial charge >= 0.3 is 0 Å². The molecule has 26 heavy (non-hydrogen) atoms. The summed E-state index contributed by atoms with van der Waals surface area (Å²) in [6.45, 7) is 2.22. The molecule has 1 aliphatic heterocycles. The number of nitrogens with one attached hydrogen (secondary N) is 2. The fourth-order valence-electron chi connectivity index (χ4n) is 2.89. The fourth-order valence-corrected chi connectivity index (χ4v) is 3.02. The lowest BCUT2D eigenvalue weighted by molar-refractivity contribution is 0.100. The van der Waals surface area contributed by atoms with Gasteiger partial charge in [0.15, 0.2) is 0 Å². The average Bonchev–Trinajstić information content (AvgIpc) is 3.13. The van der Waals surface area contributed by atoms with Gasteiger partial charge < -0.3 is 16.0 Å². The van der Waals surface area contributed by atoms with Crippen LogP contribution in [0.1, 0.15) is 28.8 Å². The van der Waals surface area contributed by atoms with E-state index in [2.05, 4.69) is 28.5 Å². The van der Waals surface area contributed by atoms with Crippen molar-refractivity contribution in [1.29, 1.82) is 0 Å². The lowest BCUT2D eigenvalue weighted by atomic mass is 10.0. The van der Waals surface area contributed by atoms with Crippen molar-refractivity contribution in [3.8, 4) is 0 Å². The summed E-state index contributed by atoms with van der Waals surface area (Å²) < 4.78 is 0. The molecular weight excluding hydrogens is 346 g/mol. The van der Waals surface area contributed by atoms with E-state index in [4.69, 9.17) is 17.3 Å². The standard InChI is InChI=1S/C12H14ClN.C9H8N2O/c13-12-3-1-10(2-4-12)9-11-5-7-14-8-6-11;10-9(12)7-1-2-8-6(5-7)3-4-11-8/h1-4,9,14H,5-8H2;1-5,11H,(H2,10,12). The second-order valence-corrected chi connectivity index (χ2v) is 6.68. The number of aromatic amines is 1. The van der Waals surface area contributed by atoms with Crippen LogP contribution in [0.15, 0.2) is 60.3 Å². The van der Waals surface area contributed by atoms with Crippen LogP contribution in [-0.2, 0) is 0 Å². The van der Waals surface area contributed by atoms with Crippen LogP contribution in [0.2, 0.25) is 5.02 Å². The van der Waals surface area contributed by atoms with Crippen molar-refractivity contribution in [2.45, 2.75) is 12.8 Å². The topological polar surface area (TPSA) is 70.9 Å². The summed E-state index contributed by atoms with van der Waals surface area (Å²) in [5.74, 6) is -0.391. The lowest BCUT2D eigenvalue weighted by Gasteiger charge is -2.15. The van der Waals surface area contributed by atoms with Crippen LogP contribution in [0.5, 0.6) is 0 Å². The summed E-state index contributed by atoms with van der Waals surface area (Å²) >= 11 is 5.82. The molecule has 1 fully saturated rings. The molecule has 0 saturated carbocycles. The van der Waals surface area contributed by atoms with Crippen LogP contribution < -0.4 is 11.1 Å². The number of halogens is 1. The zero-order chi connectivity index (χ0) is 18.4. The Morgan fingerprint density at radius 2 is 1.77 bits per heavy atom. The largest absolute Gasteiger partial charge is 0.366 e. The summed E-state index contributed by atoms with van der Waals surface area (Å²) in [6.07, 6.45) is 6.44. The lowest BCUT2D eigenvalue weighted by Crippen LogP contribution is -2.22. The Labute approximate surface area is 158 Å². The van der Waals surface area contributed by atoms with Crippen molar-refractivity contribution in [1.82, 2.24) is 10.3 Å². The van der Waals surface area contributed by atoms with E-state index in [9.17, 15) is 4.79 Å². The molecule has 5 heteroatoms. The zero-order valence-corrected chi connectivity index (χ0v) is 15.2. The molecule has 1 aromatic heterocycles. The maximum absolute atomic E-state index is 10.8. The van der Waals surface area contributed by atoms with Gasteiger partial charge in [-0.1, -0.05) is 35.4 Å². The first-order chi connectivity index (χ1) is 12.6. The molecule has 134 valence electrons. The number of nitrogens with two attached hydrogens (primary N) is 1. The molecule has 2 heterocycles. The number of primary amides is 1. The predicted octanol–water partition coefficient (Wildman–Crippen LogP) is 4.37. The number of H-pyrrole nitrogens is 1. The molecule has 0 unspecified atom stereocenters. The smallest absolute Gasteiger partial charge is 0.248 e. The van der Waals surface area contributed by atoms with Gasteiger partial charge in [0.2, 0.25) is 5.91 Å². The summed E-state index contributed by atoms with van der Waals surface area (Å²) in [4.78, 5) is 13.8. The van der Waals surface area contributed by atoms with Crippen molar-refractivity contribution >= 4 is 34.5 Å². The van der Waals surface area contributed by atoms with Crippen molar-refractivity contribution < 1.29 is 4.79 Å². The van der Waals surface area contributed by atoms with Gasteiger partial charge in [-0.25, -0.2) is 0 Å². The molecule has 0 aliphatic carbocycles. The Hall–Kier alpha value is -2.56. The van der Waals surface area contributed by atoms with Crippen LogP contribution >= 0.6 is 11.6 Å². The van der Waals surface area contributed by atoms with Gasteiger partial charge in [0.05, 0.1) is 0 Å². The molecule has 2 aromatic carbocycles. The van der Waals surface area contributed by atoms with Gasteiger partial charge in [-0.05, 0) is 67.9 Å². The van der Waals surface area contributed by atoms with E-state index in [1.54, 1.807) is 12.1 Å². The highest BCUT2D eigenvalue weighted by Crippen LogP contribution is 2.17. The SMILES string of the molecule is Clc1ccc(C=C2CCNCC2)cc1.NC(=O)c1ccc2[nH]ccc2c1. The number of hydrogen-bond donors (Lipinski definition) is 3. The summed E-state index contributed by atoms with van der Waals surface area (Å²) in [6, 6.07) is 15.2. The third-order valence-electron chi connectivity index (χ3n) is 4.32. The van der Waals surface area contributed by atoms with Crippen molar-refractivity contribution in [3.05, 3.63) is 76.5 Å². The Kier molecular flexibility index (Phi) is 6.10. The van der Waals surface area contributed by atoms with Crippen LogP contribution in [0, 0.1) is 0 Å². The monoisotopic (exact) mass is 367 g/mol. The molecule has 4 nitrogen and oxygen atoms in total. The zero-order valence-electron chi connectivity index (χ0n) is 14.5. The predicted molar refractivity (Wildman–Crippen MR) is 108 cm³/mol. The van der Waals surface area contributed by atoms with Gasteiger partial charge in [0.1, 0.15) is 0 Å². The minimum Gasteiger partial charge on any atom is -0.366 e. The Bertz CT molecular complexity index is 904. The molecule has 1 amide bonds. The number of fused-ring (bicyclic) bond motifs is 1. The molecule has 3 aromatic rings. The normalized spacial score (nSPS) is 13.8. The van der Waals surface area contributed by atoms with Gasteiger partial charge in [-0.2, -0.15) is 0 Å². The Morgan fingerprint density at radius 1 is 1.04 bits per heavy atom. The molecule has 1 aliphatic rings. The van der Waals surface area contributed by atoms with Gasteiger partial charge in [0.25, 0.3) is 0 Å². The average molecular weight is 368 g/mol. The van der Waals surface area contributed by atoms with Gasteiger partial charge in [-0.15, -0.1) is 0 Å². The molecular formula is C21H22ClN3O. The number of piperidine rings is 1. The second kappa shape index (κ2) is 8.70. The first-order valence-electron chi connectivity index (χ1n) is 8.64. The fraction of sp³-hybridized carbons (Fsp3) is 0.190. The summed E-state index contributed by atoms with van der Waals surface area (Å²) in [5.41, 5.74) is 9.47. The van der Waals surface area contributed by atoms with E-state index < -0.39 is 5.91 Å². The van der Waals surface area contributed by atoms with Crippen molar-refractivity contribution in [2.24, 2.45) is 5.73 Å². The minimum atomic E-state index is -0.391. The highest BCUT2D eigenvalue weighted by Gasteiger charge is 2.03. The number of hydrogen-bond acceptors (Lipinski definition) is 2. The van der Waals surface area contributed by atoms with E-state index >= 15 is 0 Å². The molecule has 4 rings (SSSR count). The van der Waals surface area contributed by atoms with E-state index in [1.807, 2.05) is 30.5 Å². The van der Waals surface area contributed by atoms with Crippen molar-refractivity contribution in [3.63, 3.8) is 0 Å². The quantitative estimate of drug-likeness (QED) is 0.629. The Morgan fingerprint density at radius 3 is 2.46 bits per heavy atom. The van der Waals surface area contributed by atoms with Crippen LogP contribution in [0.25, 0.3) is 17.0 Å². The van der Waals surface area contributed by atoms with E-state index in [1.165, 1.54) is 24.0 Å². The molecule has 1 saturated heterocycles. The number of rotatable bonds is 2. The highest BCUT2D eigenvalue weighted by molar-refractivity contribution is 6.30. The van der Waals surface area contributed by atoms with Crippen LogP contribution in [-0.4, -0.2) is 24.0 Å². The number of benzene rings is 2. The number of carbonyl (C=O) groups excluding carboxylic acids is 1. The third-order valence-corrected chi connectivity index (χ3v) is 4.58. The molecule has 0 radical (unpaired) electrons. The van der Waals surface area contributed by atoms with Crippen LogP contribution in [0.4, 0.5) is 0 Å². The summed E-state index contributed by atoms with van der Waals surface area (Å²) in [5, 5.41) is 5.16. The molecule has 0 atom stereocenters. The maximum Gasteiger partial charge on any atom is 0.248 e. The number of amides is 1. The third kappa shape index (κ3) is 4.97. The second-order valence-electron chi connectivity index (χ2n) is 6.25. The first-order valence-corrected chi connectivity index (χ1v) is 9.02. The summed E-state index contributed by atoms with van der Waals surface area (Å²) in [7, 11) is 0. The van der Waals surface area contributed by atoms with Gasteiger partial charge in [-0.3, -0.25) is 4.79 Å².